The van der Waals surface area contributed by atoms with Gasteiger partial charge in [-0.1, -0.05) is 38.1 Å². The first kappa shape index (κ1) is 18.5. The molecule has 0 aromatic rings. The zero-order valence-electron chi connectivity index (χ0n) is 12.5. The van der Waals surface area contributed by atoms with Crippen molar-refractivity contribution in [1.29, 1.82) is 0 Å². The van der Waals surface area contributed by atoms with Gasteiger partial charge in [-0.15, -0.1) is 0 Å². The maximum absolute atomic E-state index is 11.9. The fraction of sp³-hybridized carbons (Fsp3) is 1.00. The van der Waals surface area contributed by atoms with E-state index in [0.717, 1.165) is 12.3 Å². The van der Waals surface area contributed by atoms with Gasteiger partial charge in [0.1, 0.15) is 0 Å². The van der Waals surface area contributed by atoms with Crippen molar-refractivity contribution in [3.05, 3.63) is 0 Å². The smallest absolute Gasteiger partial charge is 0.254 e. The molecule has 1 unspecified atom stereocenters. The van der Waals surface area contributed by atoms with E-state index in [1.165, 1.54) is 50.2 Å². The fourth-order valence-electron chi connectivity index (χ4n) is 1.71. The maximum Gasteiger partial charge on any atom is 0.254 e. The average Bonchev–Trinajstić information content (AvgIpc) is 2.31. The summed E-state index contributed by atoms with van der Waals surface area (Å²) >= 11 is 1.49. The highest BCUT2D eigenvalue weighted by Gasteiger charge is 2.16. The minimum atomic E-state index is -2.41. The minimum absolute atomic E-state index is 0.538. The van der Waals surface area contributed by atoms with Crippen LogP contribution < -0.4 is 0 Å². The zero-order valence-corrected chi connectivity index (χ0v) is 14.2. The molecule has 0 radical (unpaired) electrons. The van der Waals surface area contributed by atoms with Crippen LogP contribution in [0.2, 0.25) is 0 Å². The van der Waals surface area contributed by atoms with Crippen molar-refractivity contribution < 1.29 is 9.09 Å². The number of hydrogen-bond donors (Lipinski definition) is 0. The third-order valence-corrected chi connectivity index (χ3v) is 6.59. The molecule has 18 heavy (non-hydrogen) atoms. The summed E-state index contributed by atoms with van der Waals surface area (Å²) in [6, 6.07) is 0. The van der Waals surface area contributed by atoms with Crippen LogP contribution in [-0.2, 0) is 9.09 Å². The highest BCUT2D eigenvalue weighted by atomic mass is 32.7. The molecule has 0 aliphatic rings. The Labute approximate surface area is 117 Å². The van der Waals surface area contributed by atoms with Gasteiger partial charge in [-0.2, -0.15) is 0 Å². The Morgan fingerprint density at radius 3 is 2.06 bits per heavy atom. The van der Waals surface area contributed by atoms with E-state index in [2.05, 4.69) is 18.7 Å². The summed E-state index contributed by atoms with van der Waals surface area (Å²) in [5.41, 5.74) is 0. The molecule has 0 saturated carbocycles. The van der Waals surface area contributed by atoms with Crippen LogP contribution in [0.3, 0.4) is 0 Å². The van der Waals surface area contributed by atoms with Crippen LogP contribution in [0.15, 0.2) is 0 Å². The van der Waals surface area contributed by atoms with E-state index in [1.807, 2.05) is 6.92 Å². The summed E-state index contributed by atoms with van der Waals surface area (Å²) in [4.78, 5) is 2.49. The predicted octanol–water partition coefficient (Wildman–Crippen LogP) is 4.48. The molecule has 5 heteroatoms. The molecule has 0 spiro atoms. The van der Waals surface area contributed by atoms with Crippen LogP contribution in [0.4, 0.5) is 0 Å². The van der Waals surface area contributed by atoms with Crippen LogP contribution in [0, 0.1) is 0 Å². The minimum Gasteiger partial charge on any atom is -0.322 e. The van der Waals surface area contributed by atoms with E-state index in [4.69, 9.17) is 4.52 Å². The van der Waals surface area contributed by atoms with Crippen LogP contribution >= 0.6 is 18.0 Å². The molecule has 0 saturated heterocycles. The van der Waals surface area contributed by atoms with Crippen molar-refractivity contribution in [3.63, 3.8) is 0 Å². The lowest BCUT2D eigenvalue weighted by atomic mass is 10.2. The predicted molar refractivity (Wildman–Crippen MR) is 83.9 cm³/mol. The summed E-state index contributed by atoms with van der Waals surface area (Å²) in [5, 5.41) is 0. The molecule has 0 aromatic carbocycles. The Morgan fingerprint density at radius 1 is 1.06 bits per heavy atom. The van der Waals surface area contributed by atoms with Gasteiger partial charge in [0.15, 0.2) is 0 Å². The van der Waals surface area contributed by atoms with E-state index in [-0.39, 0.29) is 0 Å². The Kier molecular flexibility index (Phi) is 11.7. The molecule has 0 aromatic heterocycles. The van der Waals surface area contributed by atoms with Crippen molar-refractivity contribution in [3.8, 4) is 0 Å². The molecule has 0 rings (SSSR count). The summed E-state index contributed by atoms with van der Waals surface area (Å²) in [6.07, 6.45) is 4.98. The van der Waals surface area contributed by atoms with E-state index in [9.17, 15) is 4.57 Å². The lowest BCUT2D eigenvalue weighted by Gasteiger charge is -2.22. The van der Waals surface area contributed by atoms with Crippen LogP contribution in [-0.4, -0.2) is 43.6 Å². The normalized spacial score (nSPS) is 14.9. The van der Waals surface area contributed by atoms with Crippen molar-refractivity contribution in [1.82, 2.24) is 4.90 Å². The van der Waals surface area contributed by atoms with Crippen molar-refractivity contribution in [2.45, 2.75) is 46.5 Å². The third kappa shape index (κ3) is 10.4. The molecule has 0 heterocycles. The van der Waals surface area contributed by atoms with Crippen molar-refractivity contribution in [2.75, 3.05) is 38.7 Å². The van der Waals surface area contributed by atoms with Gasteiger partial charge < -0.3 is 9.42 Å². The van der Waals surface area contributed by atoms with Gasteiger partial charge >= 0.3 is 0 Å². The molecule has 3 nitrogen and oxygen atoms in total. The molecule has 110 valence electrons. The van der Waals surface area contributed by atoms with Crippen LogP contribution in [0.1, 0.15) is 46.5 Å². The van der Waals surface area contributed by atoms with E-state index >= 15 is 0 Å². The average molecular weight is 295 g/mol. The molecule has 0 fully saturated rings. The van der Waals surface area contributed by atoms with E-state index < -0.39 is 6.57 Å². The van der Waals surface area contributed by atoms with Gasteiger partial charge in [0, 0.05) is 19.0 Å². The van der Waals surface area contributed by atoms with Gasteiger partial charge in [0.2, 0.25) is 0 Å². The van der Waals surface area contributed by atoms with Gasteiger partial charge in [-0.25, -0.2) is 0 Å². The Hall–Kier alpha value is 0.500. The molecular weight excluding hydrogens is 265 g/mol. The van der Waals surface area contributed by atoms with Crippen molar-refractivity contribution in [2.24, 2.45) is 0 Å². The fourth-order valence-corrected chi connectivity index (χ4v) is 4.70. The second-order valence-corrected chi connectivity index (χ2v) is 9.80. The molecular formula is C13H30NO2PS. The van der Waals surface area contributed by atoms with Crippen LogP contribution in [0.5, 0.6) is 0 Å². The maximum atomic E-state index is 11.9. The Bertz CT molecular complexity index is 231. The van der Waals surface area contributed by atoms with Crippen LogP contribution in [0.25, 0.3) is 0 Å². The lowest BCUT2D eigenvalue weighted by Crippen LogP contribution is -2.28. The molecule has 0 bridgehead atoms. The second-order valence-electron chi connectivity index (χ2n) is 4.57. The van der Waals surface area contributed by atoms with E-state index in [0.29, 0.717) is 6.61 Å². The number of hydrogen-bond acceptors (Lipinski definition) is 4. The third-order valence-electron chi connectivity index (χ3n) is 2.75. The number of unbranched alkanes of at least 4 members (excludes halogenated alkanes) is 2. The zero-order chi connectivity index (χ0) is 13.9. The summed E-state index contributed by atoms with van der Waals surface area (Å²) < 4.78 is 17.2. The van der Waals surface area contributed by atoms with E-state index in [1.54, 1.807) is 6.66 Å². The Morgan fingerprint density at radius 2 is 1.61 bits per heavy atom. The molecule has 0 N–H and O–H groups in total. The van der Waals surface area contributed by atoms with Crippen molar-refractivity contribution >= 4 is 18.0 Å². The molecule has 1 atom stereocenters. The molecule has 0 aliphatic carbocycles. The SMILES string of the molecule is CCCCN(CCCC)CCSP(C)(=O)OCC. The van der Waals surface area contributed by atoms with Gasteiger partial charge in [0.05, 0.1) is 6.61 Å². The summed E-state index contributed by atoms with van der Waals surface area (Å²) in [6.45, 7) is 9.55. The standard InChI is InChI=1S/C13H30NO2PS/c1-5-8-10-14(11-9-6-2)12-13-18-17(4,15)16-7-3/h5-13H2,1-4H3. The first-order valence-electron chi connectivity index (χ1n) is 7.14. The molecule has 0 amide bonds. The second kappa shape index (κ2) is 11.3. The number of rotatable bonds is 12. The quantitative estimate of drug-likeness (QED) is 0.496. The first-order valence-corrected chi connectivity index (χ1v) is 10.8. The lowest BCUT2D eigenvalue weighted by molar-refractivity contribution is 0.281. The summed E-state index contributed by atoms with van der Waals surface area (Å²) in [5.74, 6) is 0.904. The largest absolute Gasteiger partial charge is 0.322 e. The van der Waals surface area contributed by atoms with Gasteiger partial charge in [-0.05, 0) is 32.9 Å². The monoisotopic (exact) mass is 295 g/mol. The summed E-state index contributed by atoms with van der Waals surface area (Å²) in [7, 11) is 0. The first-order chi connectivity index (χ1) is 8.55. The highest BCUT2D eigenvalue weighted by Crippen LogP contribution is 2.55. The Balaban J connectivity index is 3.89. The highest BCUT2D eigenvalue weighted by molar-refractivity contribution is 8.56. The topological polar surface area (TPSA) is 29.5 Å². The number of nitrogens with zero attached hydrogens (tertiary/aromatic N) is 1. The van der Waals surface area contributed by atoms with Gasteiger partial charge in [-0.3, -0.25) is 4.57 Å². The molecule has 0 aliphatic heterocycles. The van der Waals surface area contributed by atoms with Gasteiger partial charge in [0.25, 0.3) is 6.57 Å².